The third-order valence-corrected chi connectivity index (χ3v) is 6.19. The third-order valence-electron chi connectivity index (χ3n) is 4.91. The van der Waals surface area contributed by atoms with Gasteiger partial charge in [0, 0.05) is 31.9 Å². The highest BCUT2D eigenvalue weighted by atomic mass is 32.2. The lowest BCUT2D eigenvalue weighted by Crippen LogP contribution is -2.39. The Morgan fingerprint density at radius 2 is 1.74 bits per heavy atom. The highest BCUT2D eigenvalue weighted by Crippen LogP contribution is 2.14. The van der Waals surface area contributed by atoms with Crippen LogP contribution in [0.25, 0.3) is 0 Å². The van der Waals surface area contributed by atoms with Crippen LogP contribution in [0.3, 0.4) is 0 Å². The van der Waals surface area contributed by atoms with E-state index in [-0.39, 0.29) is 24.0 Å². The SMILES string of the molecule is NS(=O)(=O)c1ccc(NC(=S)N2CCCN(CC(=O)OCc3ccccc3)CC2)cc1. The molecule has 0 amide bonds. The molecule has 2 aromatic carbocycles. The van der Waals surface area contributed by atoms with Crippen molar-refractivity contribution in [3.63, 3.8) is 0 Å². The summed E-state index contributed by atoms with van der Waals surface area (Å²) in [6.07, 6.45) is 0.859. The number of hydrogen-bond donors (Lipinski definition) is 2. The standard InChI is InChI=1S/C21H26N4O4S2/c22-31(27,28)19-9-7-18(8-10-19)23-21(30)25-12-4-11-24(13-14-25)15-20(26)29-16-17-5-2-1-3-6-17/h1-3,5-10H,4,11-16H2,(H,23,30)(H2,22,27,28). The van der Waals surface area contributed by atoms with E-state index in [0.29, 0.717) is 23.9 Å². The van der Waals surface area contributed by atoms with Crippen molar-refractivity contribution >= 4 is 39.0 Å². The second-order valence-corrected chi connectivity index (χ2v) is 9.21. The number of sulfonamides is 1. The lowest BCUT2D eigenvalue weighted by atomic mass is 10.2. The summed E-state index contributed by atoms with van der Waals surface area (Å²) in [6, 6.07) is 15.7. The number of nitrogens with one attached hydrogen (secondary N) is 1. The van der Waals surface area contributed by atoms with Gasteiger partial charge in [-0.25, -0.2) is 13.6 Å². The van der Waals surface area contributed by atoms with Crippen LogP contribution in [0.4, 0.5) is 5.69 Å². The van der Waals surface area contributed by atoms with Crippen molar-refractivity contribution in [3.8, 4) is 0 Å². The zero-order valence-corrected chi connectivity index (χ0v) is 18.7. The summed E-state index contributed by atoms with van der Waals surface area (Å²) < 4.78 is 28.1. The molecule has 31 heavy (non-hydrogen) atoms. The molecule has 1 aliphatic rings. The van der Waals surface area contributed by atoms with Gasteiger partial charge >= 0.3 is 5.97 Å². The predicted molar refractivity (Wildman–Crippen MR) is 123 cm³/mol. The number of esters is 1. The lowest BCUT2D eigenvalue weighted by Gasteiger charge is -2.24. The van der Waals surface area contributed by atoms with Crippen LogP contribution in [0.15, 0.2) is 59.5 Å². The summed E-state index contributed by atoms with van der Waals surface area (Å²) in [4.78, 5) is 16.3. The lowest BCUT2D eigenvalue weighted by molar-refractivity contribution is -0.146. The molecule has 1 fully saturated rings. The molecule has 0 aromatic heterocycles. The average molecular weight is 463 g/mol. The minimum atomic E-state index is -3.72. The first-order chi connectivity index (χ1) is 14.8. The molecule has 0 radical (unpaired) electrons. The molecule has 0 aliphatic carbocycles. The number of primary sulfonamides is 1. The van der Waals surface area contributed by atoms with Crippen molar-refractivity contribution < 1.29 is 17.9 Å². The second-order valence-electron chi connectivity index (χ2n) is 7.26. The van der Waals surface area contributed by atoms with Gasteiger partial charge in [-0.3, -0.25) is 9.69 Å². The fraction of sp³-hybridized carbons (Fsp3) is 0.333. The van der Waals surface area contributed by atoms with Gasteiger partial charge in [0.25, 0.3) is 0 Å². The van der Waals surface area contributed by atoms with E-state index in [1.165, 1.54) is 12.1 Å². The quantitative estimate of drug-likeness (QED) is 0.495. The topological polar surface area (TPSA) is 105 Å². The van der Waals surface area contributed by atoms with Gasteiger partial charge in [0.2, 0.25) is 10.0 Å². The van der Waals surface area contributed by atoms with Gasteiger partial charge in [-0.2, -0.15) is 0 Å². The number of hydrogen-bond acceptors (Lipinski definition) is 6. The largest absolute Gasteiger partial charge is 0.460 e. The number of thiocarbonyl (C=S) groups is 1. The maximum Gasteiger partial charge on any atom is 0.320 e. The van der Waals surface area contributed by atoms with Crippen LogP contribution >= 0.6 is 12.2 Å². The third kappa shape index (κ3) is 7.28. The van der Waals surface area contributed by atoms with Gasteiger partial charge in [-0.15, -0.1) is 0 Å². The number of nitrogens with two attached hydrogens (primary N) is 1. The van der Waals surface area contributed by atoms with Crippen LogP contribution in [-0.2, 0) is 26.2 Å². The number of ether oxygens (including phenoxy) is 1. The smallest absolute Gasteiger partial charge is 0.320 e. The number of benzene rings is 2. The van der Waals surface area contributed by atoms with Gasteiger partial charge in [0.05, 0.1) is 11.4 Å². The van der Waals surface area contributed by atoms with Crippen molar-refractivity contribution in [1.29, 1.82) is 0 Å². The Hall–Kier alpha value is -2.53. The Labute approximate surface area is 188 Å². The van der Waals surface area contributed by atoms with E-state index in [1.54, 1.807) is 12.1 Å². The molecule has 0 saturated carbocycles. The fourth-order valence-corrected chi connectivity index (χ4v) is 4.04. The van der Waals surface area contributed by atoms with E-state index in [0.717, 1.165) is 25.1 Å². The van der Waals surface area contributed by atoms with Crippen molar-refractivity contribution in [2.45, 2.75) is 17.9 Å². The molecular formula is C21H26N4O4S2. The molecule has 1 saturated heterocycles. The number of carbonyl (C=O) groups excluding carboxylic acids is 1. The van der Waals surface area contributed by atoms with E-state index < -0.39 is 10.0 Å². The van der Waals surface area contributed by atoms with Crippen LogP contribution in [0.1, 0.15) is 12.0 Å². The summed E-state index contributed by atoms with van der Waals surface area (Å²) in [7, 11) is -3.72. The number of anilines is 1. The zero-order valence-electron chi connectivity index (χ0n) is 17.1. The highest BCUT2D eigenvalue weighted by Gasteiger charge is 2.19. The van der Waals surface area contributed by atoms with Crippen molar-refractivity contribution in [3.05, 3.63) is 60.2 Å². The van der Waals surface area contributed by atoms with Crippen molar-refractivity contribution in [2.24, 2.45) is 5.14 Å². The van der Waals surface area contributed by atoms with Crippen LogP contribution in [-0.4, -0.2) is 62.0 Å². The summed E-state index contributed by atoms with van der Waals surface area (Å²) in [6.45, 7) is 3.42. The van der Waals surface area contributed by atoms with E-state index in [4.69, 9.17) is 22.1 Å². The minimum absolute atomic E-state index is 0.0496. The Bertz CT molecular complexity index is 998. The first-order valence-corrected chi connectivity index (χ1v) is 11.9. The predicted octanol–water partition coefficient (Wildman–Crippen LogP) is 1.78. The normalized spacial score (nSPS) is 15.2. The van der Waals surface area contributed by atoms with Crippen LogP contribution in [0.5, 0.6) is 0 Å². The molecule has 3 rings (SSSR count). The Balaban J connectivity index is 1.45. The Kier molecular flexibility index (Phi) is 7.97. The summed E-state index contributed by atoms with van der Waals surface area (Å²) in [5.74, 6) is -0.243. The number of rotatable bonds is 6. The Morgan fingerprint density at radius 3 is 2.42 bits per heavy atom. The number of carbonyl (C=O) groups is 1. The minimum Gasteiger partial charge on any atom is -0.460 e. The molecule has 0 spiro atoms. The fourth-order valence-electron chi connectivity index (χ4n) is 3.23. The van der Waals surface area contributed by atoms with Gasteiger partial charge < -0.3 is 15.0 Å². The van der Waals surface area contributed by atoms with Gasteiger partial charge in [-0.05, 0) is 48.5 Å². The molecule has 8 nitrogen and oxygen atoms in total. The summed E-state index contributed by atoms with van der Waals surface area (Å²) in [5, 5.41) is 8.79. The van der Waals surface area contributed by atoms with Crippen molar-refractivity contribution in [2.75, 3.05) is 38.0 Å². The molecule has 0 unspecified atom stereocenters. The second kappa shape index (κ2) is 10.7. The van der Waals surface area contributed by atoms with E-state index >= 15 is 0 Å². The van der Waals surface area contributed by atoms with E-state index in [9.17, 15) is 13.2 Å². The van der Waals surface area contributed by atoms with Gasteiger partial charge in [-0.1, -0.05) is 30.3 Å². The maximum atomic E-state index is 12.2. The molecule has 2 aromatic rings. The van der Waals surface area contributed by atoms with E-state index in [2.05, 4.69) is 10.2 Å². The first kappa shape index (κ1) is 23.1. The molecule has 1 aliphatic heterocycles. The highest BCUT2D eigenvalue weighted by molar-refractivity contribution is 7.89. The molecule has 0 atom stereocenters. The molecular weight excluding hydrogens is 436 g/mol. The average Bonchev–Trinajstić information content (AvgIpc) is 2.98. The number of nitrogens with zero attached hydrogens (tertiary/aromatic N) is 2. The van der Waals surface area contributed by atoms with Gasteiger partial charge in [0.15, 0.2) is 5.11 Å². The molecule has 166 valence electrons. The van der Waals surface area contributed by atoms with Crippen LogP contribution in [0.2, 0.25) is 0 Å². The van der Waals surface area contributed by atoms with E-state index in [1.807, 2.05) is 35.2 Å². The first-order valence-electron chi connectivity index (χ1n) is 9.92. The van der Waals surface area contributed by atoms with Crippen LogP contribution < -0.4 is 10.5 Å². The summed E-state index contributed by atoms with van der Waals surface area (Å²) >= 11 is 5.51. The molecule has 1 heterocycles. The molecule has 10 heteroatoms. The molecule has 3 N–H and O–H groups in total. The van der Waals surface area contributed by atoms with Gasteiger partial charge in [0.1, 0.15) is 6.61 Å². The maximum absolute atomic E-state index is 12.2. The zero-order chi connectivity index (χ0) is 22.3. The van der Waals surface area contributed by atoms with Crippen molar-refractivity contribution in [1.82, 2.24) is 9.80 Å². The monoisotopic (exact) mass is 462 g/mol. The summed E-state index contributed by atoms with van der Waals surface area (Å²) in [5.41, 5.74) is 1.65. The Morgan fingerprint density at radius 1 is 1.03 bits per heavy atom. The van der Waals surface area contributed by atoms with Crippen LogP contribution in [0, 0.1) is 0 Å². The molecule has 0 bridgehead atoms.